The second-order valence-electron chi connectivity index (χ2n) is 11.9. The van der Waals surface area contributed by atoms with Gasteiger partial charge in [0, 0.05) is 12.8 Å². The number of carbonyl (C=O) groups is 1. The van der Waals surface area contributed by atoms with Crippen molar-refractivity contribution >= 4 is 5.78 Å². The fourth-order valence-corrected chi connectivity index (χ4v) is 8.28. The summed E-state index contributed by atoms with van der Waals surface area (Å²) in [6.07, 6.45) is 15.3. The van der Waals surface area contributed by atoms with Gasteiger partial charge in [-0.1, -0.05) is 65.0 Å². The second-order valence-corrected chi connectivity index (χ2v) is 11.9. The second kappa shape index (κ2) is 7.59. The van der Waals surface area contributed by atoms with Gasteiger partial charge in [-0.25, -0.2) is 0 Å². The highest BCUT2D eigenvalue weighted by atomic mass is 16.1. The van der Waals surface area contributed by atoms with Crippen LogP contribution >= 0.6 is 0 Å². The Balaban J connectivity index is 1.53. The Kier molecular flexibility index (Phi) is 5.60. The highest BCUT2D eigenvalue weighted by Crippen LogP contribution is 2.65. The monoisotopic (exact) mass is 384 g/mol. The van der Waals surface area contributed by atoms with Gasteiger partial charge in [0.2, 0.25) is 0 Å². The Labute approximate surface area is 174 Å². The Hall–Kier alpha value is -0.590. The zero-order valence-corrected chi connectivity index (χ0v) is 19.3. The highest BCUT2D eigenvalue weighted by molar-refractivity contribution is 5.80. The van der Waals surface area contributed by atoms with Crippen molar-refractivity contribution in [3.8, 4) is 0 Å². The molecule has 1 heteroatoms. The summed E-state index contributed by atoms with van der Waals surface area (Å²) in [5.41, 5.74) is 4.62. The minimum Gasteiger partial charge on any atom is -0.300 e. The van der Waals surface area contributed by atoms with E-state index in [9.17, 15) is 4.79 Å². The van der Waals surface area contributed by atoms with E-state index >= 15 is 0 Å². The normalized spacial score (nSPS) is 41.6. The molecular formula is C27H44O. The van der Waals surface area contributed by atoms with Gasteiger partial charge in [0.25, 0.3) is 0 Å². The van der Waals surface area contributed by atoms with Crippen LogP contribution in [-0.2, 0) is 4.79 Å². The molecule has 0 amide bonds. The van der Waals surface area contributed by atoms with Gasteiger partial charge in [-0.2, -0.15) is 0 Å². The van der Waals surface area contributed by atoms with Crippen LogP contribution in [0.25, 0.3) is 0 Å². The molecule has 0 heterocycles. The van der Waals surface area contributed by atoms with Gasteiger partial charge < -0.3 is 0 Å². The summed E-state index contributed by atoms with van der Waals surface area (Å²) in [4.78, 5) is 12.1. The van der Waals surface area contributed by atoms with Crippen LogP contribution in [0.5, 0.6) is 0 Å². The van der Waals surface area contributed by atoms with E-state index in [1.165, 1.54) is 57.8 Å². The van der Waals surface area contributed by atoms with E-state index < -0.39 is 0 Å². The molecule has 158 valence electrons. The Morgan fingerprint density at radius 2 is 1.75 bits per heavy atom. The number of rotatable bonds is 5. The zero-order valence-electron chi connectivity index (χ0n) is 19.3. The van der Waals surface area contributed by atoms with Crippen molar-refractivity contribution in [2.45, 2.75) is 112 Å². The van der Waals surface area contributed by atoms with E-state index in [1.807, 2.05) is 11.1 Å². The van der Waals surface area contributed by atoms with Crippen molar-refractivity contribution < 1.29 is 4.79 Å². The third kappa shape index (κ3) is 3.33. The SMILES string of the molecule is CC(C)CCC[C@@H](C)[C@H]1CC[C@@H]2C3=C(CC[C@@]21C)[C@@]1(C)CCC(=O)CC1CC3. The Morgan fingerprint density at radius 3 is 2.50 bits per heavy atom. The quantitative estimate of drug-likeness (QED) is 0.443. The molecule has 0 N–H and O–H groups in total. The predicted molar refractivity (Wildman–Crippen MR) is 118 cm³/mol. The molecule has 28 heavy (non-hydrogen) atoms. The van der Waals surface area contributed by atoms with Gasteiger partial charge in [0.1, 0.15) is 5.78 Å². The van der Waals surface area contributed by atoms with Crippen molar-refractivity contribution in [3.05, 3.63) is 11.1 Å². The van der Waals surface area contributed by atoms with Crippen molar-refractivity contribution in [3.63, 3.8) is 0 Å². The van der Waals surface area contributed by atoms with Crippen LogP contribution in [0.1, 0.15) is 112 Å². The molecule has 4 aliphatic rings. The lowest BCUT2D eigenvalue weighted by molar-refractivity contribution is -0.124. The standard InChI is InChI=1S/C27H44O/c1-18(2)7-6-8-19(3)23-11-12-24-22-10-9-20-17-21(28)13-15-26(20,4)25(22)14-16-27(23,24)5/h18-20,23-24H,6-17H2,1-5H3/t19-,20?,23-,24-,26+,27-/m1/s1. The van der Waals surface area contributed by atoms with Crippen LogP contribution in [-0.4, -0.2) is 5.78 Å². The van der Waals surface area contributed by atoms with Crippen LogP contribution in [0, 0.1) is 40.4 Å². The van der Waals surface area contributed by atoms with Crippen molar-refractivity contribution in [2.75, 3.05) is 0 Å². The van der Waals surface area contributed by atoms with Gasteiger partial charge >= 0.3 is 0 Å². The molecule has 0 saturated heterocycles. The first-order valence-electron chi connectivity index (χ1n) is 12.5. The Bertz CT molecular complexity index is 643. The van der Waals surface area contributed by atoms with Crippen molar-refractivity contribution in [1.29, 1.82) is 0 Å². The molecule has 2 saturated carbocycles. The largest absolute Gasteiger partial charge is 0.300 e. The van der Waals surface area contributed by atoms with E-state index in [0.717, 1.165) is 42.9 Å². The molecule has 2 fully saturated rings. The number of carbonyl (C=O) groups excluding carboxylic acids is 1. The maximum atomic E-state index is 12.1. The third-order valence-electron chi connectivity index (χ3n) is 10.0. The molecule has 0 radical (unpaired) electrons. The summed E-state index contributed by atoms with van der Waals surface area (Å²) in [6.45, 7) is 12.5. The predicted octanol–water partition coefficient (Wildman–Crippen LogP) is 7.74. The minimum atomic E-state index is 0.351. The fourth-order valence-electron chi connectivity index (χ4n) is 8.28. The highest BCUT2D eigenvalue weighted by Gasteiger charge is 2.55. The fraction of sp³-hybridized carbons (Fsp3) is 0.889. The molecule has 6 atom stereocenters. The molecule has 0 bridgehead atoms. The Morgan fingerprint density at radius 1 is 0.964 bits per heavy atom. The van der Waals surface area contributed by atoms with Gasteiger partial charge in [0.15, 0.2) is 0 Å². The first kappa shape index (κ1) is 20.7. The topological polar surface area (TPSA) is 17.1 Å². The maximum Gasteiger partial charge on any atom is 0.133 e. The summed E-state index contributed by atoms with van der Waals surface area (Å²) in [7, 11) is 0. The van der Waals surface area contributed by atoms with E-state index in [-0.39, 0.29) is 0 Å². The van der Waals surface area contributed by atoms with Gasteiger partial charge in [-0.3, -0.25) is 4.79 Å². The lowest BCUT2D eigenvalue weighted by atomic mass is 9.50. The molecule has 4 aliphatic carbocycles. The summed E-state index contributed by atoms with van der Waals surface area (Å²) in [6, 6.07) is 0. The van der Waals surface area contributed by atoms with Crippen molar-refractivity contribution in [1.82, 2.24) is 0 Å². The molecule has 0 spiro atoms. The summed E-state index contributed by atoms with van der Waals surface area (Å²) in [5.74, 6) is 4.68. The molecule has 0 aromatic heterocycles. The third-order valence-corrected chi connectivity index (χ3v) is 10.0. The minimum absolute atomic E-state index is 0.351. The average Bonchev–Trinajstić information content (AvgIpc) is 2.99. The summed E-state index contributed by atoms with van der Waals surface area (Å²) < 4.78 is 0. The van der Waals surface area contributed by atoms with Crippen LogP contribution in [0.15, 0.2) is 11.1 Å². The average molecular weight is 385 g/mol. The molecule has 1 nitrogen and oxygen atoms in total. The molecule has 1 unspecified atom stereocenters. The van der Waals surface area contributed by atoms with Gasteiger partial charge in [-0.05, 0) is 85.4 Å². The first-order chi connectivity index (χ1) is 13.3. The van der Waals surface area contributed by atoms with Crippen LogP contribution < -0.4 is 0 Å². The number of ketones is 1. The molecular weight excluding hydrogens is 340 g/mol. The molecule has 0 aliphatic heterocycles. The number of allylic oxidation sites excluding steroid dienone is 2. The van der Waals surface area contributed by atoms with E-state index in [0.29, 0.717) is 22.5 Å². The van der Waals surface area contributed by atoms with Crippen molar-refractivity contribution in [2.24, 2.45) is 40.4 Å². The lowest BCUT2D eigenvalue weighted by Gasteiger charge is -2.54. The first-order valence-corrected chi connectivity index (χ1v) is 12.5. The molecule has 0 aromatic carbocycles. The summed E-state index contributed by atoms with van der Waals surface area (Å²) >= 11 is 0. The lowest BCUT2D eigenvalue weighted by Crippen LogP contribution is -2.45. The van der Waals surface area contributed by atoms with Gasteiger partial charge in [-0.15, -0.1) is 0 Å². The molecule has 4 rings (SSSR count). The van der Waals surface area contributed by atoms with Crippen LogP contribution in [0.3, 0.4) is 0 Å². The number of Topliss-reactive ketones (excluding diaryl/α,β-unsaturated/α-hetero) is 1. The smallest absolute Gasteiger partial charge is 0.133 e. The van der Waals surface area contributed by atoms with Crippen LogP contribution in [0.4, 0.5) is 0 Å². The molecule has 0 aromatic rings. The van der Waals surface area contributed by atoms with Crippen LogP contribution in [0.2, 0.25) is 0 Å². The van der Waals surface area contributed by atoms with E-state index in [4.69, 9.17) is 0 Å². The number of fused-ring (bicyclic) bond motifs is 4. The number of hydrogen-bond acceptors (Lipinski definition) is 1. The summed E-state index contributed by atoms with van der Waals surface area (Å²) in [5, 5.41) is 0. The van der Waals surface area contributed by atoms with Gasteiger partial charge in [0.05, 0.1) is 0 Å². The van der Waals surface area contributed by atoms with E-state index in [2.05, 4.69) is 34.6 Å². The zero-order chi connectivity index (χ0) is 20.1. The number of hydrogen-bond donors (Lipinski definition) is 0. The van der Waals surface area contributed by atoms with E-state index in [1.54, 1.807) is 0 Å². The maximum absolute atomic E-state index is 12.1.